The number of rotatable bonds is 5. The number of nitrogens with two attached hydrogens (primary N) is 1. The second-order valence-corrected chi connectivity index (χ2v) is 6.23. The molecule has 1 atom stereocenters. The largest absolute Gasteiger partial charge is 0.469 e. The normalized spacial score (nSPS) is 12.4. The van der Waals surface area contributed by atoms with Crippen LogP contribution in [-0.4, -0.2) is 13.1 Å². The van der Waals surface area contributed by atoms with Gasteiger partial charge in [0.15, 0.2) is 0 Å². The van der Waals surface area contributed by atoms with Crippen LogP contribution in [0.5, 0.6) is 0 Å². The molecule has 20 heavy (non-hydrogen) atoms. The van der Waals surface area contributed by atoms with E-state index in [2.05, 4.69) is 46.1 Å². The van der Waals surface area contributed by atoms with E-state index in [1.54, 1.807) is 6.26 Å². The molecule has 0 spiro atoms. The topological polar surface area (TPSA) is 42.4 Å². The van der Waals surface area contributed by atoms with Gasteiger partial charge in [-0.3, -0.25) is 0 Å². The van der Waals surface area contributed by atoms with E-state index in [1.165, 1.54) is 16.8 Å². The molecule has 1 aromatic heterocycles. The predicted octanol–water partition coefficient (Wildman–Crippen LogP) is 3.88. The summed E-state index contributed by atoms with van der Waals surface area (Å²) >= 11 is 3.55. The van der Waals surface area contributed by atoms with Gasteiger partial charge in [-0.05, 0) is 44.0 Å². The molecule has 2 N–H and O–H groups in total. The Balaban J connectivity index is 2.25. The van der Waals surface area contributed by atoms with E-state index in [4.69, 9.17) is 10.2 Å². The molecule has 2 aromatic rings. The highest BCUT2D eigenvalue weighted by Crippen LogP contribution is 2.27. The zero-order chi connectivity index (χ0) is 14.7. The summed E-state index contributed by atoms with van der Waals surface area (Å²) in [5.41, 5.74) is 9.63. The number of furan rings is 1. The van der Waals surface area contributed by atoms with Crippen molar-refractivity contribution in [3.63, 3.8) is 0 Å². The minimum Gasteiger partial charge on any atom is -0.469 e. The van der Waals surface area contributed by atoms with E-state index in [1.807, 2.05) is 19.9 Å². The number of benzene rings is 1. The Hall–Kier alpha value is -1.26. The van der Waals surface area contributed by atoms with Gasteiger partial charge in [-0.25, -0.2) is 0 Å². The van der Waals surface area contributed by atoms with Gasteiger partial charge in [0.05, 0.1) is 6.26 Å². The van der Waals surface area contributed by atoms with Crippen LogP contribution in [0.4, 0.5) is 5.69 Å². The average Bonchev–Trinajstić information content (AvgIpc) is 2.76. The monoisotopic (exact) mass is 336 g/mol. The first-order valence-electron chi connectivity index (χ1n) is 6.75. The fourth-order valence-corrected chi connectivity index (χ4v) is 2.68. The van der Waals surface area contributed by atoms with Crippen LogP contribution in [0.2, 0.25) is 0 Å². The van der Waals surface area contributed by atoms with Crippen LogP contribution in [0.25, 0.3) is 0 Å². The fraction of sp³-hybridized carbons (Fsp3) is 0.375. The van der Waals surface area contributed by atoms with Crippen molar-refractivity contribution in [1.82, 2.24) is 0 Å². The molecule has 3 nitrogen and oxygen atoms in total. The summed E-state index contributed by atoms with van der Waals surface area (Å²) in [5.74, 6) is 0.973. The Morgan fingerprint density at radius 1 is 1.30 bits per heavy atom. The van der Waals surface area contributed by atoms with Crippen molar-refractivity contribution in [2.24, 2.45) is 5.73 Å². The van der Waals surface area contributed by atoms with Crippen molar-refractivity contribution in [1.29, 1.82) is 0 Å². The molecule has 0 aliphatic carbocycles. The van der Waals surface area contributed by atoms with E-state index in [-0.39, 0.29) is 6.04 Å². The van der Waals surface area contributed by atoms with E-state index in [0.717, 1.165) is 23.2 Å². The molecule has 0 aliphatic heterocycles. The minimum atomic E-state index is 0.152. The molecule has 0 bridgehead atoms. The number of hydrogen-bond donors (Lipinski definition) is 1. The lowest BCUT2D eigenvalue weighted by Crippen LogP contribution is -2.22. The molecule has 4 heteroatoms. The van der Waals surface area contributed by atoms with Crippen LogP contribution in [0, 0.1) is 6.92 Å². The highest BCUT2D eigenvalue weighted by atomic mass is 79.9. The summed E-state index contributed by atoms with van der Waals surface area (Å²) < 4.78 is 6.44. The van der Waals surface area contributed by atoms with Crippen LogP contribution in [-0.2, 0) is 13.0 Å². The van der Waals surface area contributed by atoms with Gasteiger partial charge in [0.1, 0.15) is 5.76 Å². The van der Waals surface area contributed by atoms with Crippen LogP contribution in [0.3, 0.4) is 0 Å². The highest BCUT2D eigenvalue weighted by molar-refractivity contribution is 9.10. The van der Waals surface area contributed by atoms with Crippen LogP contribution < -0.4 is 10.6 Å². The molecular weight excluding hydrogens is 316 g/mol. The lowest BCUT2D eigenvalue weighted by atomic mass is 10.0. The molecule has 0 radical (unpaired) electrons. The summed E-state index contributed by atoms with van der Waals surface area (Å²) in [6.07, 6.45) is 2.61. The smallest absolute Gasteiger partial charge is 0.105 e. The molecule has 0 amide bonds. The lowest BCUT2D eigenvalue weighted by molar-refractivity contribution is 0.529. The van der Waals surface area contributed by atoms with Gasteiger partial charge >= 0.3 is 0 Å². The van der Waals surface area contributed by atoms with Crippen molar-refractivity contribution in [3.05, 3.63) is 51.9 Å². The average molecular weight is 337 g/mol. The first-order valence-corrected chi connectivity index (χ1v) is 7.54. The number of aryl methyl sites for hydroxylation is 1. The Kier molecular flexibility index (Phi) is 4.89. The van der Waals surface area contributed by atoms with Crippen LogP contribution >= 0.6 is 15.9 Å². The Bertz CT molecular complexity index is 578. The number of nitrogens with zero attached hydrogens (tertiary/aromatic N) is 1. The first kappa shape index (κ1) is 15.1. The molecule has 0 aliphatic rings. The second-order valence-electron chi connectivity index (χ2n) is 5.31. The summed E-state index contributed by atoms with van der Waals surface area (Å²) in [6.45, 7) is 4.85. The molecule has 2 rings (SSSR count). The summed E-state index contributed by atoms with van der Waals surface area (Å²) in [5, 5.41) is 0. The zero-order valence-corrected chi connectivity index (χ0v) is 13.8. The Labute approximate surface area is 128 Å². The molecule has 108 valence electrons. The molecule has 0 fully saturated rings. The van der Waals surface area contributed by atoms with Gasteiger partial charge in [-0.15, -0.1) is 0 Å². The molecule has 0 saturated carbocycles. The third-order valence-corrected chi connectivity index (χ3v) is 3.87. The minimum absolute atomic E-state index is 0.152. The highest BCUT2D eigenvalue weighted by Gasteiger charge is 2.12. The van der Waals surface area contributed by atoms with E-state index < -0.39 is 0 Å². The van der Waals surface area contributed by atoms with Gasteiger partial charge < -0.3 is 15.1 Å². The van der Waals surface area contributed by atoms with Gasteiger partial charge in [0.2, 0.25) is 0 Å². The van der Waals surface area contributed by atoms with E-state index in [0.29, 0.717) is 0 Å². The Morgan fingerprint density at radius 2 is 2.05 bits per heavy atom. The standard InChI is InChI=1S/C16H21BrN2O/c1-11(18)8-13-4-5-15(17)9-16(13)19(3)10-14-6-7-20-12(14)2/h4-7,9,11H,8,10,18H2,1-3H3. The fourth-order valence-electron chi connectivity index (χ4n) is 2.33. The molecule has 1 unspecified atom stereocenters. The lowest BCUT2D eigenvalue weighted by Gasteiger charge is -2.23. The summed E-state index contributed by atoms with van der Waals surface area (Å²) in [6, 6.07) is 8.53. The number of anilines is 1. The third kappa shape index (κ3) is 3.64. The Morgan fingerprint density at radius 3 is 2.65 bits per heavy atom. The van der Waals surface area contributed by atoms with Gasteiger partial charge in [0.25, 0.3) is 0 Å². The second kappa shape index (κ2) is 6.46. The van der Waals surface area contributed by atoms with Crippen LogP contribution in [0.1, 0.15) is 23.8 Å². The molecule has 0 saturated heterocycles. The molecule has 1 heterocycles. The predicted molar refractivity (Wildman–Crippen MR) is 87.0 cm³/mol. The van der Waals surface area contributed by atoms with Gasteiger partial charge in [-0.2, -0.15) is 0 Å². The van der Waals surface area contributed by atoms with Gasteiger partial charge in [-0.1, -0.05) is 22.0 Å². The van der Waals surface area contributed by atoms with Crippen molar-refractivity contribution < 1.29 is 4.42 Å². The first-order chi connectivity index (χ1) is 9.47. The molecular formula is C16H21BrN2O. The van der Waals surface area contributed by atoms with Crippen molar-refractivity contribution in [2.45, 2.75) is 32.9 Å². The third-order valence-electron chi connectivity index (χ3n) is 3.37. The molecule has 1 aromatic carbocycles. The van der Waals surface area contributed by atoms with Crippen molar-refractivity contribution >= 4 is 21.6 Å². The number of halogens is 1. The zero-order valence-electron chi connectivity index (χ0n) is 12.2. The van der Waals surface area contributed by atoms with E-state index in [9.17, 15) is 0 Å². The summed E-state index contributed by atoms with van der Waals surface area (Å²) in [7, 11) is 2.10. The van der Waals surface area contributed by atoms with E-state index >= 15 is 0 Å². The quantitative estimate of drug-likeness (QED) is 0.900. The van der Waals surface area contributed by atoms with Crippen molar-refractivity contribution in [2.75, 3.05) is 11.9 Å². The summed E-state index contributed by atoms with van der Waals surface area (Å²) in [4.78, 5) is 2.24. The van der Waals surface area contributed by atoms with Gasteiger partial charge in [0, 0.05) is 35.4 Å². The van der Waals surface area contributed by atoms with Crippen LogP contribution in [0.15, 0.2) is 39.4 Å². The number of hydrogen-bond acceptors (Lipinski definition) is 3. The maximum absolute atomic E-state index is 5.95. The van der Waals surface area contributed by atoms with Crippen molar-refractivity contribution in [3.8, 4) is 0 Å². The maximum atomic E-state index is 5.95. The SMILES string of the molecule is Cc1occc1CN(C)c1cc(Br)ccc1CC(C)N. The maximum Gasteiger partial charge on any atom is 0.105 e.